The highest BCUT2D eigenvalue weighted by molar-refractivity contribution is 5.74. The van der Waals surface area contributed by atoms with Gasteiger partial charge >= 0.3 is 12.6 Å². The fourth-order valence-electron chi connectivity index (χ4n) is 2.61. The van der Waals surface area contributed by atoms with E-state index >= 15 is 0 Å². The predicted molar refractivity (Wildman–Crippen MR) is 81.8 cm³/mol. The quantitative estimate of drug-likeness (QED) is 0.904. The van der Waals surface area contributed by atoms with Gasteiger partial charge in [-0.1, -0.05) is 12.1 Å². The van der Waals surface area contributed by atoms with Crippen LogP contribution in [0.2, 0.25) is 0 Å². The zero-order chi connectivity index (χ0) is 16.8. The number of hydrogen-bond acceptors (Lipinski definition) is 3. The molecule has 1 aliphatic rings. The smallest absolute Gasteiger partial charge is 0.387 e. The molecule has 1 aromatic carbocycles. The number of halogens is 2. The van der Waals surface area contributed by atoms with E-state index in [-0.39, 0.29) is 24.0 Å². The van der Waals surface area contributed by atoms with Crippen molar-refractivity contribution in [2.24, 2.45) is 0 Å². The Balaban J connectivity index is 1.75. The van der Waals surface area contributed by atoms with Gasteiger partial charge in [-0.05, 0) is 38.0 Å². The van der Waals surface area contributed by atoms with Crippen molar-refractivity contribution in [3.8, 4) is 5.75 Å². The SMILES string of the molecule is CC1CN(C(=O)NCCc2ccc(OC(F)F)cc2)CC(C)O1. The number of morpholine rings is 1. The standard InChI is InChI=1S/C16H22F2N2O3/c1-11-9-20(10-12(2)22-11)16(21)19-8-7-13-3-5-14(6-4-13)23-15(17)18/h3-6,11-12,15H,7-10H2,1-2H3,(H,19,21). The van der Waals surface area contributed by atoms with E-state index in [0.29, 0.717) is 26.1 Å². The first-order valence-electron chi connectivity index (χ1n) is 7.66. The molecule has 1 fully saturated rings. The maximum atomic E-state index is 12.1. The van der Waals surface area contributed by atoms with Crippen molar-refractivity contribution < 1.29 is 23.0 Å². The Morgan fingerprint density at radius 1 is 1.30 bits per heavy atom. The van der Waals surface area contributed by atoms with E-state index in [9.17, 15) is 13.6 Å². The molecule has 23 heavy (non-hydrogen) atoms. The van der Waals surface area contributed by atoms with Crippen molar-refractivity contribution in [3.63, 3.8) is 0 Å². The molecule has 2 amide bonds. The number of carbonyl (C=O) groups excluding carboxylic acids is 1. The van der Waals surface area contributed by atoms with Crippen LogP contribution in [0, 0.1) is 0 Å². The summed E-state index contributed by atoms with van der Waals surface area (Å²) in [5.41, 5.74) is 0.940. The predicted octanol–water partition coefficient (Wildman–Crippen LogP) is 2.65. The number of benzene rings is 1. The fourth-order valence-corrected chi connectivity index (χ4v) is 2.61. The van der Waals surface area contributed by atoms with Gasteiger partial charge in [0, 0.05) is 19.6 Å². The fraction of sp³-hybridized carbons (Fsp3) is 0.562. The number of amides is 2. The van der Waals surface area contributed by atoms with Gasteiger partial charge in [0.15, 0.2) is 0 Å². The summed E-state index contributed by atoms with van der Waals surface area (Å²) < 4.78 is 34.0. The molecular weight excluding hydrogens is 306 g/mol. The maximum absolute atomic E-state index is 12.1. The van der Waals surface area contributed by atoms with Crippen LogP contribution >= 0.6 is 0 Å². The number of ether oxygens (including phenoxy) is 2. The number of hydrogen-bond donors (Lipinski definition) is 1. The van der Waals surface area contributed by atoms with Crippen LogP contribution in [-0.2, 0) is 11.2 Å². The summed E-state index contributed by atoms with van der Waals surface area (Å²) in [6.45, 7) is 2.70. The summed E-state index contributed by atoms with van der Waals surface area (Å²) in [6.07, 6.45) is 0.689. The number of urea groups is 1. The minimum absolute atomic E-state index is 0.0341. The van der Waals surface area contributed by atoms with E-state index in [1.54, 1.807) is 17.0 Å². The molecule has 128 valence electrons. The zero-order valence-electron chi connectivity index (χ0n) is 13.3. The van der Waals surface area contributed by atoms with Crippen LogP contribution < -0.4 is 10.1 Å². The summed E-state index contributed by atoms with van der Waals surface area (Å²) in [6, 6.07) is 6.30. The van der Waals surface area contributed by atoms with Gasteiger partial charge in [0.2, 0.25) is 0 Å². The van der Waals surface area contributed by atoms with Crippen molar-refractivity contribution in [2.45, 2.75) is 39.1 Å². The van der Waals surface area contributed by atoms with Crippen molar-refractivity contribution in [1.82, 2.24) is 10.2 Å². The summed E-state index contributed by atoms with van der Waals surface area (Å²) >= 11 is 0. The summed E-state index contributed by atoms with van der Waals surface area (Å²) in [7, 11) is 0. The minimum atomic E-state index is -2.82. The van der Waals surface area contributed by atoms with Gasteiger partial charge in [0.1, 0.15) is 5.75 Å². The number of nitrogens with zero attached hydrogens (tertiary/aromatic N) is 1. The third-order valence-electron chi connectivity index (χ3n) is 3.55. The third-order valence-corrected chi connectivity index (χ3v) is 3.55. The van der Waals surface area contributed by atoms with Crippen molar-refractivity contribution in [2.75, 3.05) is 19.6 Å². The lowest BCUT2D eigenvalue weighted by atomic mass is 10.1. The van der Waals surface area contributed by atoms with Crippen LogP contribution in [0.15, 0.2) is 24.3 Å². The van der Waals surface area contributed by atoms with E-state index < -0.39 is 6.61 Å². The molecule has 2 unspecified atom stereocenters. The summed E-state index contributed by atoms with van der Waals surface area (Å²) in [5, 5.41) is 2.87. The first kappa shape index (κ1) is 17.5. The molecule has 0 spiro atoms. The van der Waals surface area contributed by atoms with Gasteiger partial charge < -0.3 is 19.7 Å². The lowest BCUT2D eigenvalue weighted by Gasteiger charge is -2.35. The molecule has 2 atom stereocenters. The molecule has 2 rings (SSSR count). The largest absolute Gasteiger partial charge is 0.435 e. The molecule has 5 nitrogen and oxygen atoms in total. The van der Waals surface area contributed by atoms with E-state index in [2.05, 4.69) is 10.1 Å². The van der Waals surface area contributed by atoms with Crippen molar-refractivity contribution in [1.29, 1.82) is 0 Å². The molecule has 0 saturated carbocycles. The highest BCUT2D eigenvalue weighted by atomic mass is 19.3. The van der Waals surface area contributed by atoms with Gasteiger partial charge in [-0.15, -0.1) is 0 Å². The van der Waals surface area contributed by atoms with Crippen LogP contribution in [0.25, 0.3) is 0 Å². The minimum Gasteiger partial charge on any atom is -0.435 e. The third kappa shape index (κ3) is 5.67. The first-order chi connectivity index (χ1) is 10.9. The second-order valence-corrected chi connectivity index (χ2v) is 5.67. The van der Waals surface area contributed by atoms with Gasteiger partial charge in [-0.2, -0.15) is 8.78 Å². The second-order valence-electron chi connectivity index (χ2n) is 5.67. The number of rotatable bonds is 5. The van der Waals surface area contributed by atoms with Crippen LogP contribution in [0.5, 0.6) is 5.75 Å². The molecule has 1 aromatic rings. The van der Waals surface area contributed by atoms with Crippen LogP contribution in [-0.4, -0.2) is 49.4 Å². The lowest BCUT2D eigenvalue weighted by molar-refractivity contribution is -0.0545. The Hall–Kier alpha value is -1.89. The number of carbonyl (C=O) groups is 1. The molecule has 0 aliphatic carbocycles. The maximum Gasteiger partial charge on any atom is 0.387 e. The van der Waals surface area contributed by atoms with Crippen molar-refractivity contribution >= 4 is 6.03 Å². The van der Waals surface area contributed by atoms with Crippen LogP contribution in [0.3, 0.4) is 0 Å². The van der Waals surface area contributed by atoms with Crippen LogP contribution in [0.1, 0.15) is 19.4 Å². The highest BCUT2D eigenvalue weighted by Gasteiger charge is 2.25. The average molecular weight is 328 g/mol. The van der Waals surface area contributed by atoms with Gasteiger partial charge in [-0.25, -0.2) is 4.79 Å². The molecule has 1 N–H and O–H groups in total. The first-order valence-corrected chi connectivity index (χ1v) is 7.66. The monoisotopic (exact) mass is 328 g/mol. The number of nitrogens with one attached hydrogen (secondary N) is 1. The Bertz CT molecular complexity index is 501. The Morgan fingerprint density at radius 3 is 2.48 bits per heavy atom. The van der Waals surface area contributed by atoms with E-state index in [4.69, 9.17) is 4.74 Å². The molecule has 1 heterocycles. The molecule has 1 aliphatic heterocycles. The average Bonchev–Trinajstić information content (AvgIpc) is 2.47. The molecule has 0 radical (unpaired) electrons. The molecule has 1 saturated heterocycles. The summed E-state index contributed by atoms with van der Waals surface area (Å²) in [5.74, 6) is 0.129. The zero-order valence-corrected chi connectivity index (χ0v) is 13.3. The Morgan fingerprint density at radius 2 is 1.91 bits per heavy atom. The number of alkyl halides is 2. The normalized spacial score (nSPS) is 21.3. The molecule has 0 bridgehead atoms. The van der Waals surface area contributed by atoms with Gasteiger partial charge in [0.05, 0.1) is 12.2 Å². The Labute approximate surface area is 134 Å². The second kappa shape index (κ2) is 8.10. The summed E-state index contributed by atoms with van der Waals surface area (Å²) in [4.78, 5) is 13.9. The van der Waals surface area contributed by atoms with E-state index in [0.717, 1.165) is 5.56 Å². The Kier molecular flexibility index (Phi) is 6.15. The van der Waals surface area contributed by atoms with Gasteiger partial charge in [-0.3, -0.25) is 0 Å². The van der Waals surface area contributed by atoms with Gasteiger partial charge in [0.25, 0.3) is 0 Å². The topological polar surface area (TPSA) is 50.8 Å². The highest BCUT2D eigenvalue weighted by Crippen LogP contribution is 2.15. The molecular formula is C16H22F2N2O3. The van der Waals surface area contributed by atoms with Crippen LogP contribution in [0.4, 0.5) is 13.6 Å². The molecule has 0 aromatic heterocycles. The van der Waals surface area contributed by atoms with Crippen molar-refractivity contribution in [3.05, 3.63) is 29.8 Å². The van der Waals surface area contributed by atoms with E-state index in [1.165, 1.54) is 12.1 Å². The lowest BCUT2D eigenvalue weighted by Crippen LogP contribution is -2.51. The molecule has 7 heteroatoms. The van der Waals surface area contributed by atoms with E-state index in [1.807, 2.05) is 13.8 Å².